The summed E-state index contributed by atoms with van der Waals surface area (Å²) in [5.41, 5.74) is 1.68. The number of amides is 1. The molecule has 0 aliphatic carbocycles. The number of fused-ring (bicyclic) bond motifs is 1. The zero-order valence-corrected chi connectivity index (χ0v) is 19.0. The molecule has 2 saturated heterocycles. The summed E-state index contributed by atoms with van der Waals surface area (Å²) in [4.78, 5) is 40.3. The molecule has 5 heterocycles. The first-order valence-electron chi connectivity index (χ1n) is 11.0. The second-order valence-electron chi connectivity index (χ2n) is 8.64. The van der Waals surface area contributed by atoms with Crippen molar-refractivity contribution in [1.82, 2.24) is 19.9 Å². The third-order valence-corrected chi connectivity index (χ3v) is 7.11. The lowest BCUT2D eigenvalue weighted by molar-refractivity contribution is -0.124. The molecule has 5 rings (SSSR count). The minimum atomic E-state index is -0.419. The third-order valence-electron chi connectivity index (χ3n) is 6.20. The number of ketones is 1. The molecule has 0 aromatic carbocycles. The number of hydrogen-bond acceptors (Lipinski definition) is 8. The van der Waals surface area contributed by atoms with Crippen molar-refractivity contribution in [3.63, 3.8) is 0 Å². The van der Waals surface area contributed by atoms with Crippen molar-refractivity contribution in [1.29, 1.82) is 0 Å². The van der Waals surface area contributed by atoms with Crippen LogP contribution in [0.25, 0.3) is 10.2 Å². The van der Waals surface area contributed by atoms with Crippen LogP contribution in [-0.4, -0.2) is 57.8 Å². The molecule has 0 saturated carbocycles. The molecule has 10 heteroatoms. The van der Waals surface area contributed by atoms with Gasteiger partial charge >= 0.3 is 0 Å². The predicted molar refractivity (Wildman–Crippen MR) is 122 cm³/mol. The number of halogens is 1. The highest BCUT2D eigenvalue weighted by atomic mass is 32.1. The molecule has 1 N–H and O–H groups in total. The molecule has 0 bridgehead atoms. The van der Waals surface area contributed by atoms with Crippen molar-refractivity contribution in [3.8, 4) is 0 Å². The molecular weight excluding hydrogens is 445 g/mol. The Labute approximate surface area is 194 Å². The molecule has 8 nitrogen and oxygen atoms in total. The van der Waals surface area contributed by atoms with Crippen LogP contribution in [0.4, 0.5) is 10.3 Å². The minimum absolute atomic E-state index is 0.00581. The van der Waals surface area contributed by atoms with Crippen molar-refractivity contribution in [3.05, 3.63) is 47.0 Å². The van der Waals surface area contributed by atoms with Gasteiger partial charge in [-0.3, -0.25) is 14.6 Å². The fraction of sp³-hybridized carbons (Fsp3) is 0.435. The number of rotatable bonds is 7. The monoisotopic (exact) mass is 469 g/mol. The van der Waals surface area contributed by atoms with E-state index < -0.39 is 5.82 Å². The minimum Gasteiger partial charge on any atom is -0.381 e. The summed E-state index contributed by atoms with van der Waals surface area (Å²) in [6.07, 6.45) is 4.01. The Bertz CT molecular complexity index is 1190. The molecule has 2 aliphatic heterocycles. The maximum atomic E-state index is 13.5. The van der Waals surface area contributed by atoms with Crippen molar-refractivity contribution in [2.75, 3.05) is 31.6 Å². The van der Waals surface area contributed by atoms with Crippen LogP contribution in [0.2, 0.25) is 0 Å². The Morgan fingerprint density at radius 2 is 2.18 bits per heavy atom. The smallest absolute Gasteiger partial charge is 0.274 e. The van der Waals surface area contributed by atoms with Crippen LogP contribution in [0.15, 0.2) is 29.9 Å². The van der Waals surface area contributed by atoms with Crippen molar-refractivity contribution in [2.24, 2.45) is 11.8 Å². The highest BCUT2D eigenvalue weighted by molar-refractivity contribution is 7.17. The van der Waals surface area contributed by atoms with Crippen LogP contribution in [0.5, 0.6) is 0 Å². The number of thiophene rings is 1. The summed E-state index contributed by atoms with van der Waals surface area (Å²) in [6.45, 7) is 4.12. The number of pyridine rings is 1. The van der Waals surface area contributed by atoms with Crippen LogP contribution in [-0.2, 0) is 9.53 Å². The summed E-state index contributed by atoms with van der Waals surface area (Å²) in [5, 5.41) is 5.03. The average molecular weight is 470 g/mol. The Balaban J connectivity index is 1.28. The van der Waals surface area contributed by atoms with Crippen LogP contribution in [0, 0.1) is 17.7 Å². The van der Waals surface area contributed by atoms with E-state index >= 15 is 0 Å². The summed E-state index contributed by atoms with van der Waals surface area (Å²) in [6, 6.07) is 2.95. The Morgan fingerprint density at radius 3 is 2.94 bits per heavy atom. The van der Waals surface area contributed by atoms with E-state index in [1.165, 1.54) is 17.4 Å². The maximum Gasteiger partial charge on any atom is 0.274 e. The zero-order valence-electron chi connectivity index (χ0n) is 18.2. The van der Waals surface area contributed by atoms with Gasteiger partial charge in [-0.15, -0.1) is 11.3 Å². The van der Waals surface area contributed by atoms with Crippen LogP contribution < -0.4 is 5.32 Å². The zero-order chi connectivity index (χ0) is 22.9. The standard InChI is InChI=1S/C23H24FN5O3S/c1-13(16-7-17(24)9-25-8-16)26-23-27-18-3-5-33-21(18)20(28-23)22(31)29-10-14(11-29)6-19(30)15-2-4-32-12-15/h3,5,7-9,13-15H,2,4,6,10-12H2,1H3,(H,26,27,28)/t13-,15?/m0/s1. The van der Waals surface area contributed by atoms with Gasteiger partial charge in [-0.05, 0) is 36.4 Å². The normalized spacial score (nSPS) is 19.5. The first-order valence-corrected chi connectivity index (χ1v) is 11.9. The van der Waals surface area contributed by atoms with Gasteiger partial charge in [-0.1, -0.05) is 0 Å². The van der Waals surface area contributed by atoms with Crippen LogP contribution in [0.3, 0.4) is 0 Å². The molecule has 172 valence electrons. The number of ether oxygens (including phenoxy) is 1. The lowest BCUT2D eigenvalue weighted by atomic mass is 9.89. The topological polar surface area (TPSA) is 97.3 Å². The number of aromatic nitrogens is 3. The highest BCUT2D eigenvalue weighted by Crippen LogP contribution is 2.30. The van der Waals surface area contributed by atoms with E-state index in [1.807, 2.05) is 18.4 Å². The molecule has 1 unspecified atom stereocenters. The molecule has 2 fully saturated rings. The van der Waals surface area contributed by atoms with Gasteiger partial charge in [0, 0.05) is 44.1 Å². The Morgan fingerprint density at radius 1 is 1.33 bits per heavy atom. The van der Waals surface area contributed by atoms with E-state index in [4.69, 9.17) is 4.74 Å². The van der Waals surface area contributed by atoms with E-state index in [1.54, 1.807) is 11.1 Å². The van der Waals surface area contributed by atoms with Gasteiger partial charge in [0.15, 0.2) is 5.69 Å². The van der Waals surface area contributed by atoms with E-state index in [9.17, 15) is 14.0 Å². The fourth-order valence-corrected chi connectivity index (χ4v) is 5.08. The van der Waals surface area contributed by atoms with Gasteiger partial charge in [-0.25, -0.2) is 14.4 Å². The van der Waals surface area contributed by atoms with Gasteiger partial charge in [0.2, 0.25) is 5.95 Å². The molecule has 3 aromatic rings. The SMILES string of the molecule is C[C@H](Nc1nc(C(=O)N2CC(CC(=O)C3CCOC3)C2)c2sccc2n1)c1cncc(F)c1. The molecular formula is C23H24FN5O3S. The molecule has 2 aliphatic rings. The van der Waals surface area contributed by atoms with Crippen LogP contribution in [0.1, 0.15) is 41.9 Å². The second-order valence-corrected chi connectivity index (χ2v) is 9.56. The predicted octanol–water partition coefficient (Wildman–Crippen LogP) is 3.47. The third kappa shape index (κ3) is 4.58. The van der Waals surface area contributed by atoms with E-state index in [0.717, 1.165) is 17.3 Å². The number of carbonyl (C=O) groups excluding carboxylic acids is 2. The van der Waals surface area contributed by atoms with Gasteiger partial charge < -0.3 is 15.0 Å². The van der Waals surface area contributed by atoms with E-state index in [2.05, 4.69) is 20.3 Å². The molecule has 3 aromatic heterocycles. The molecule has 2 atom stereocenters. The quantitative estimate of drug-likeness (QED) is 0.566. The number of hydrogen-bond donors (Lipinski definition) is 1. The lowest BCUT2D eigenvalue weighted by Crippen LogP contribution is -2.51. The van der Waals surface area contributed by atoms with Crippen molar-refractivity contribution < 1.29 is 18.7 Å². The number of likely N-dealkylation sites (tertiary alicyclic amines) is 1. The number of nitrogens with zero attached hydrogens (tertiary/aromatic N) is 4. The largest absolute Gasteiger partial charge is 0.381 e. The molecule has 0 spiro atoms. The first-order chi connectivity index (χ1) is 16.0. The number of Topliss-reactive ketones (excluding diaryl/α,β-unsaturated/α-hetero) is 1. The van der Waals surface area contributed by atoms with E-state index in [0.29, 0.717) is 55.4 Å². The first kappa shape index (κ1) is 21.8. The molecule has 33 heavy (non-hydrogen) atoms. The molecule has 1 amide bonds. The number of anilines is 1. The van der Waals surface area contributed by atoms with Gasteiger partial charge in [0.05, 0.1) is 29.1 Å². The van der Waals surface area contributed by atoms with Crippen molar-refractivity contribution >= 4 is 39.2 Å². The van der Waals surface area contributed by atoms with Crippen LogP contribution >= 0.6 is 11.3 Å². The number of carbonyl (C=O) groups is 2. The average Bonchev–Trinajstić information content (AvgIpc) is 3.47. The second kappa shape index (κ2) is 9.11. The van der Waals surface area contributed by atoms with Gasteiger partial charge in [0.25, 0.3) is 5.91 Å². The Hall–Kier alpha value is -2.98. The number of nitrogens with one attached hydrogen (secondary N) is 1. The summed E-state index contributed by atoms with van der Waals surface area (Å²) < 4.78 is 19.6. The Kier molecular flexibility index (Phi) is 6.03. The molecule has 0 radical (unpaired) electrons. The van der Waals surface area contributed by atoms with Gasteiger partial charge in [-0.2, -0.15) is 0 Å². The lowest BCUT2D eigenvalue weighted by Gasteiger charge is -2.39. The fourth-order valence-electron chi connectivity index (χ4n) is 4.27. The van der Waals surface area contributed by atoms with Gasteiger partial charge in [0.1, 0.15) is 11.6 Å². The highest BCUT2D eigenvalue weighted by Gasteiger charge is 2.36. The maximum absolute atomic E-state index is 13.5. The summed E-state index contributed by atoms with van der Waals surface area (Å²) in [7, 11) is 0. The van der Waals surface area contributed by atoms with E-state index in [-0.39, 0.29) is 29.6 Å². The summed E-state index contributed by atoms with van der Waals surface area (Å²) in [5.74, 6) is 0.138. The summed E-state index contributed by atoms with van der Waals surface area (Å²) >= 11 is 1.42. The van der Waals surface area contributed by atoms with Crippen molar-refractivity contribution in [2.45, 2.75) is 25.8 Å².